The first-order valence-corrected chi connectivity index (χ1v) is 5.84. The highest BCUT2D eigenvalue weighted by Crippen LogP contribution is 2.21. The molecule has 18 heavy (non-hydrogen) atoms. The normalized spacial score (nSPS) is 11.6. The van der Waals surface area contributed by atoms with E-state index in [9.17, 15) is 10.1 Å². The lowest BCUT2D eigenvalue weighted by Crippen LogP contribution is -2.11. The number of rotatable bonds is 3. The van der Waals surface area contributed by atoms with Gasteiger partial charge in [0.05, 0.1) is 6.07 Å². The van der Waals surface area contributed by atoms with E-state index < -0.39 is 5.92 Å². The van der Waals surface area contributed by atoms with Gasteiger partial charge in [0, 0.05) is 10.6 Å². The molecule has 2 aromatic rings. The van der Waals surface area contributed by atoms with Crippen molar-refractivity contribution in [3.8, 4) is 6.07 Å². The van der Waals surface area contributed by atoms with Gasteiger partial charge in [-0.15, -0.1) is 0 Å². The Hall–Kier alpha value is -2.11. The molecule has 0 heterocycles. The van der Waals surface area contributed by atoms with Crippen molar-refractivity contribution in [2.24, 2.45) is 0 Å². The number of ketones is 1. The Morgan fingerprint density at radius 3 is 2.44 bits per heavy atom. The van der Waals surface area contributed by atoms with Crippen molar-refractivity contribution in [1.29, 1.82) is 5.26 Å². The number of hydrogen-bond donors (Lipinski definition) is 0. The van der Waals surface area contributed by atoms with Crippen LogP contribution in [0.3, 0.4) is 0 Å². The lowest BCUT2D eigenvalue weighted by Gasteiger charge is -2.08. The molecular formula is C15H10ClNO. The fourth-order valence-corrected chi connectivity index (χ4v) is 1.93. The van der Waals surface area contributed by atoms with Crippen molar-refractivity contribution in [2.45, 2.75) is 5.92 Å². The molecule has 0 spiro atoms. The largest absolute Gasteiger partial charge is 0.292 e. The second-order valence-corrected chi connectivity index (χ2v) is 4.28. The third-order valence-electron chi connectivity index (χ3n) is 2.63. The lowest BCUT2D eigenvalue weighted by molar-refractivity contribution is 0.0979. The molecule has 1 atom stereocenters. The molecule has 0 saturated carbocycles. The van der Waals surface area contributed by atoms with Gasteiger partial charge in [-0.1, -0.05) is 54.1 Å². The number of halogens is 1. The van der Waals surface area contributed by atoms with Crippen molar-refractivity contribution < 1.29 is 4.79 Å². The van der Waals surface area contributed by atoms with E-state index in [1.54, 1.807) is 36.4 Å². The highest BCUT2D eigenvalue weighted by Gasteiger charge is 2.21. The first kappa shape index (κ1) is 12.3. The molecule has 2 aromatic carbocycles. The van der Waals surface area contributed by atoms with Gasteiger partial charge < -0.3 is 0 Å². The van der Waals surface area contributed by atoms with Crippen LogP contribution in [0, 0.1) is 11.3 Å². The van der Waals surface area contributed by atoms with Crippen LogP contribution in [0.2, 0.25) is 5.02 Å². The number of hydrogen-bond acceptors (Lipinski definition) is 2. The van der Waals surface area contributed by atoms with Gasteiger partial charge in [0.2, 0.25) is 0 Å². The minimum Gasteiger partial charge on any atom is -0.292 e. The molecular weight excluding hydrogens is 246 g/mol. The standard InChI is InChI=1S/C15H10ClNO/c16-13-8-4-7-12(9-13)15(18)14(10-17)11-5-2-1-3-6-11/h1-9,14H. The molecule has 0 saturated heterocycles. The van der Waals surface area contributed by atoms with E-state index >= 15 is 0 Å². The van der Waals surface area contributed by atoms with E-state index in [-0.39, 0.29) is 5.78 Å². The van der Waals surface area contributed by atoms with Crippen LogP contribution in [0.1, 0.15) is 21.8 Å². The molecule has 0 amide bonds. The Kier molecular flexibility index (Phi) is 3.76. The molecule has 0 aliphatic heterocycles. The molecule has 1 unspecified atom stereocenters. The number of carbonyl (C=O) groups excluding carboxylic acids is 1. The summed E-state index contributed by atoms with van der Waals surface area (Å²) < 4.78 is 0. The zero-order valence-electron chi connectivity index (χ0n) is 9.51. The Morgan fingerprint density at radius 2 is 1.83 bits per heavy atom. The number of Topliss-reactive ketones (excluding diaryl/α,β-unsaturated/α-hetero) is 1. The average molecular weight is 256 g/mol. The number of nitrogens with zero attached hydrogens (tertiary/aromatic N) is 1. The third kappa shape index (κ3) is 2.58. The number of benzene rings is 2. The second kappa shape index (κ2) is 5.48. The van der Waals surface area contributed by atoms with Crippen LogP contribution in [-0.2, 0) is 0 Å². The molecule has 88 valence electrons. The molecule has 0 aliphatic carbocycles. The Balaban J connectivity index is 2.36. The van der Waals surface area contributed by atoms with Gasteiger partial charge in [0.15, 0.2) is 5.78 Å². The van der Waals surface area contributed by atoms with E-state index in [2.05, 4.69) is 0 Å². The van der Waals surface area contributed by atoms with Crippen LogP contribution in [-0.4, -0.2) is 5.78 Å². The SMILES string of the molecule is N#CC(C(=O)c1cccc(Cl)c1)c1ccccc1. The molecule has 0 radical (unpaired) electrons. The van der Waals surface area contributed by atoms with E-state index in [1.165, 1.54) is 0 Å². The maximum absolute atomic E-state index is 12.2. The molecule has 2 rings (SSSR count). The predicted molar refractivity (Wildman–Crippen MR) is 70.6 cm³/mol. The van der Waals surface area contributed by atoms with Gasteiger partial charge in [0.25, 0.3) is 0 Å². The molecule has 3 heteroatoms. The van der Waals surface area contributed by atoms with Crippen molar-refractivity contribution in [3.63, 3.8) is 0 Å². The quantitative estimate of drug-likeness (QED) is 0.782. The fraction of sp³-hybridized carbons (Fsp3) is 0.0667. The monoisotopic (exact) mass is 255 g/mol. The zero-order chi connectivity index (χ0) is 13.0. The average Bonchev–Trinajstić information content (AvgIpc) is 2.41. The van der Waals surface area contributed by atoms with Gasteiger partial charge in [-0.25, -0.2) is 0 Å². The van der Waals surface area contributed by atoms with Gasteiger partial charge in [-0.2, -0.15) is 5.26 Å². The van der Waals surface area contributed by atoms with Gasteiger partial charge >= 0.3 is 0 Å². The second-order valence-electron chi connectivity index (χ2n) is 3.85. The summed E-state index contributed by atoms with van der Waals surface area (Å²) in [7, 11) is 0. The van der Waals surface area contributed by atoms with E-state index in [1.807, 2.05) is 24.3 Å². The lowest BCUT2D eigenvalue weighted by atomic mass is 9.92. The van der Waals surface area contributed by atoms with Crippen molar-refractivity contribution in [3.05, 3.63) is 70.7 Å². The molecule has 0 aromatic heterocycles. The van der Waals surface area contributed by atoms with E-state index in [0.29, 0.717) is 16.1 Å². The summed E-state index contributed by atoms with van der Waals surface area (Å²) in [6.45, 7) is 0. The van der Waals surface area contributed by atoms with Gasteiger partial charge in [-0.05, 0) is 17.7 Å². The minimum atomic E-state index is -0.787. The van der Waals surface area contributed by atoms with Crippen LogP contribution >= 0.6 is 11.6 Å². The molecule has 0 bridgehead atoms. The maximum atomic E-state index is 12.2. The fourth-order valence-electron chi connectivity index (χ4n) is 1.74. The van der Waals surface area contributed by atoms with E-state index in [4.69, 9.17) is 11.6 Å². The van der Waals surface area contributed by atoms with Crippen LogP contribution in [0.5, 0.6) is 0 Å². The Labute approximate surface area is 110 Å². The number of nitriles is 1. The van der Waals surface area contributed by atoms with Crippen LogP contribution < -0.4 is 0 Å². The van der Waals surface area contributed by atoms with Gasteiger partial charge in [0.1, 0.15) is 5.92 Å². The van der Waals surface area contributed by atoms with E-state index in [0.717, 1.165) is 0 Å². The van der Waals surface area contributed by atoms with Gasteiger partial charge in [-0.3, -0.25) is 4.79 Å². The predicted octanol–water partition coefficient (Wildman–Crippen LogP) is 3.83. The first-order valence-electron chi connectivity index (χ1n) is 5.46. The smallest absolute Gasteiger partial charge is 0.184 e. The van der Waals surface area contributed by atoms with Crippen LogP contribution in [0.4, 0.5) is 0 Å². The van der Waals surface area contributed by atoms with Crippen molar-refractivity contribution in [1.82, 2.24) is 0 Å². The molecule has 2 nitrogen and oxygen atoms in total. The molecule has 0 fully saturated rings. The summed E-state index contributed by atoms with van der Waals surface area (Å²) in [5.74, 6) is -1.02. The minimum absolute atomic E-state index is 0.230. The topological polar surface area (TPSA) is 40.9 Å². The number of carbonyl (C=O) groups is 1. The summed E-state index contributed by atoms with van der Waals surface area (Å²) in [6.07, 6.45) is 0. The highest BCUT2D eigenvalue weighted by atomic mass is 35.5. The van der Waals surface area contributed by atoms with Crippen molar-refractivity contribution in [2.75, 3.05) is 0 Å². The molecule has 0 aliphatic rings. The van der Waals surface area contributed by atoms with Crippen LogP contribution in [0.15, 0.2) is 54.6 Å². The summed E-state index contributed by atoms with van der Waals surface area (Å²) in [5.41, 5.74) is 1.16. The Morgan fingerprint density at radius 1 is 1.11 bits per heavy atom. The van der Waals surface area contributed by atoms with Crippen LogP contribution in [0.25, 0.3) is 0 Å². The molecule has 0 N–H and O–H groups in total. The Bertz CT molecular complexity index is 601. The summed E-state index contributed by atoms with van der Waals surface area (Å²) in [5, 5.41) is 9.67. The summed E-state index contributed by atoms with van der Waals surface area (Å²) in [6, 6.07) is 17.7. The summed E-state index contributed by atoms with van der Waals surface area (Å²) in [4.78, 5) is 12.2. The first-order chi connectivity index (χ1) is 8.72. The third-order valence-corrected chi connectivity index (χ3v) is 2.87. The van der Waals surface area contributed by atoms with Crippen molar-refractivity contribution >= 4 is 17.4 Å². The summed E-state index contributed by atoms with van der Waals surface area (Å²) >= 11 is 5.85. The maximum Gasteiger partial charge on any atom is 0.184 e. The highest BCUT2D eigenvalue weighted by molar-refractivity contribution is 6.31. The zero-order valence-corrected chi connectivity index (χ0v) is 10.3.